The number of nitrogens with zero attached hydrogens (tertiary/aromatic N) is 4. The molecule has 0 unspecified atom stereocenters. The van der Waals surface area contributed by atoms with Crippen LogP contribution in [0.3, 0.4) is 0 Å². The Hall–Kier alpha value is -1.70. The summed E-state index contributed by atoms with van der Waals surface area (Å²) < 4.78 is 5.43. The Morgan fingerprint density at radius 2 is 2.00 bits per heavy atom. The molecule has 0 radical (unpaired) electrons. The van der Waals surface area contributed by atoms with Crippen molar-refractivity contribution in [2.24, 2.45) is 0 Å². The zero-order valence-corrected chi connectivity index (χ0v) is 15.6. The summed E-state index contributed by atoms with van der Waals surface area (Å²) in [5, 5.41) is 8.92. The van der Waals surface area contributed by atoms with Crippen LogP contribution < -0.4 is 4.90 Å². The predicted molar refractivity (Wildman–Crippen MR) is 101 cm³/mol. The molecule has 0 bridgehead atoms. The van der Waals surface area contributed by atoms with Gasteiger partial charge in [-0.2, -0.15) is 0 Å². The maximum Gasteiger partial charge on any atom is 0.255 e. The average molecular weight is 362 g/mol. The van der Waals surface area contributed by atoms with Gasteiger partial charge in [-0.25, -0.2) is 4.98 Å². The second-order valence-corrected chi connectivity index (χ2v) is 7.08. The second kappa shape index (κ2) is 9.30. The topological polar surface area (TPSA) is 69.1 Å². The number of carbonyl (C=O) groups excluding carboxylic acids is 1. The molecule has 2 fully saturated rings. The SMILES string of the molecule is CN(CCCO)c1ccc(C(=O)N2CCC(N3CCOCC3)CC2)cn1. The molecule has 1 aromatic heterocycles. The van der Waals surface area contributed by atoms with Gasteiger partial charge in [0.1, 0.15) is 5.82 Å². The molecule has 7 heteroatoms. The lowest BCUT2D eigenvalue weighted by molar-refractivity contribution is 0.00158. The first-order chi connectivity index (χ1) is 12.7. The van der Waals surface area contributed by atoms with Gasteiger partial charge in [0.2, 0.25) is 0 Å². The first-order valence-electron chi connectivity index (χ1n) is 9.58. The molecule has 0 aliphatic carbocycles. The van der Waals surface area contributed by atoms with Crippen LogP contribution in [0.5, 0.6) is 0 Å². The summed E-state index contributed by atoms with van der Waals surface area (Å²) in [5.74, 6) is 0.892. The van der Waals surface area contributed by atoms with Gasteiger partial charge in [-0.05, 0) is 31.4 Å². The minimum absolute atomic E-state index is 0.0717. The van der Waals surface area contributed by atoms with Crippen molar-refractivity contribution in [1.82, 2.24) is 14.8 Å². The summed E-state index contributed by atoms with van der Waals surface area (Å²) in [6.07, 6.45) is 4.43. The molecular formula is C19H30N4O3. The number of hydrogen-bond donors (Lipinski definition) is 1. The fraction of sp³-hybridized carbons (Fsp3) is 0.684. The fourth-order valence-corrected chi connectivity index (χ4v) is 3.72. The number of piperidine rings is 1. The van der Waals surface area contributed by atoms with E-state index in [0.717, 1.165) is 64.6 Å². The smallest absolute Gasteiger partial charge is 0.255 e. The standard InChI is InChI=1S/C19H30N4O3/c1-21(7-2-12-24)18-4-3-16(15-20-18)19(25)23-8-5-17(6-9-23)22-10-13-26-14-11-22/h3-4,15,17,24H,2,5-14H2,1H3. The van der Waals surface area contributed by atoms with Crippen LogP contribution in [0.2, 0.25) is 0 Å². The molecule has 1 amide bonds. The van der Waals surface area contributed by atoms with Gasteiger partial charge in [0.05, 0.1) is 18.8 Å². The number of aliphatic hydroxyl groups is 1. The molecule has 0 saturated carbocycles. The van der Waals surface area contributed by atoms with Gasteiger partial charge in [0.25, 0.3) is 5.91 Å². The summed E-state index contributed by atoms with van der Waals surface area (Å²) in [6.45, 7) is 6.18. The van der Waals surface area contributed by atoms with E-state index in [4.69, 9.17) is 9.84 Å². The number of aliphatic hydroxyl groups excluding tert-OH is 1. The molecule has 2 aliphatic heterocycles. The number of aromatic nitrogens is 1. The van der Waals surface area contributed by atoms with Crippen LogP contribution in [0.15, 0.2) is 18.3 Å². The van der Waals surface area contributed by atoms with Gasteiger partial charge < -0.3 is 19.6 Å². The minimum Gasteiger partial charge on any atom is -0.396 e. The molecule has 0 spiro atoms. The van der Waals surface area contributed by atoms with Crippen molar-refractivity contribution in [3.8, 4) is 0 Å². The van der Waals surface area contributed by atoms with E-state index in [9.17, 15) is 4.79 Å². The maximum absolute atomic E-state index is 12.7. The van der Waals surface area contributed by atoms with Gasteiger partial charge in [0.15, 0.2) is 0 Å². The van der Waals surface area contributed by atoms with Gasteiger partial charge in [-0.1, -0.05) is 0 Å². The second-order valence-electron chi connectivity index (χ2n) is 7.08. The molecule has 2 saturated heterocycles. The van der Waals surface area contributed by atoms with E-state index in [1.54, 1.807) is 6.20 Å². The third-order valence-corrected chi connectivity index (χ3v) is 5.35. The quantitative estimate of drug-likeness (QED) is 0.809. The van der Waals surface area contributed by atoms with Gasteiger partial charge in [-0.3, -0.25) is 9.69 Å². The number of likely N-dealkylation sites (tertiary alicyclic amines) is 1. The number of carbonyl (C=O) groups is 1. The summed E-state index contributed by atoms with van der Waals surface area (Å²) in [4.78, 5) is 23.6. The first-order valence-corrected chi connectivity index (χ1v) is 9.58. The third-order valence-electron chi connectivity index (χ3n) is 5.35. The molecule has 0 aromatic carbocycles. The molecule has 1 aromatic rings. The number of hydrogen-bond acceptors (Lipinski definition) is 6. The van der Waals surface area contributed by atoms with Crippen LogP contribution >= 0.6 is 0 Å². The van der Waals surface area contributed by atoms with E-state index in [2.05, 4.69) is 9.88 Å². The summed E-state index contributed by atoms with van der Waals surface area (Å²) in [6, 6.07) is 4.31. The van der Waals surface area contributed by atoms with E-state index in [1.165, 1.54) is 0 Å². The monoisotopic (exact) mass is 362 g/mol. The zero-order valence-electron chi connectivity index (χ0n) is 15.6. The van der Waals surface area contributed by atoms with Crippen molar-refractivity contribution in [3.05, 3.63) is 23.9 Å². The number of morpholine rings is 1. The van der Waals surface area contributed by atoms with Gasteiger partial charge >= 0.3 is 0 Å². The number of rotatable bonds is 6. The van der Waals surface area contributed by atoms with Gasteiger partial charge in [-0.15, -0.1) is 0 Å². The lowest BCUT2D eigenvalue weighted by Gasteiger charge is -2.40. The van der Waals surface area contributed by atoms with Crippen molar-refractivity contribution in [3.63, 3.8) is 0 Å². The Labute approximate surface area is 155 Å². The lowest BCUT2D eigenvalue weighted by Crippen LogP contribution is -2.50. The van der Waals surface area contributed by atoms with Crippen molar-refractivity contribution < 1.29 is 14.6 Å². The minimum atomic E-state index is 0.0717. The van der Waals surface area contributed by atoms with Crippen molar-refractivity contribution in [2.75, 3.05) is 64.5 Å². The number of anilines is 1. The summed E-state index contributed by atoms with van der Waals surface area (Å²) >= 11 is 0. The highest BCUT2D eigenvalue weighted by molar-refractivity contribution is 5.94. The molecule has 26 heavy (non-hydrogen) atoms. The number of ether oxygens (including phenoxy) is 1. The van der Waals surface area contributed by atoms with Crippen molar-refractivity contribution in [2.45, 2.75) is 25.3 Å². The Morgan fingerprint density at radius 3 is 2.62 bits per heavy atom. The molecule has 3 heterocycles. The Morgan fingerprint density at radius 1 is 1.27 bits per heavy atom. The van der Waals surface area contributed by atoms with E-state index in [1.807, 2.05) is 29.0 Å². The van der Waals surface area contributed by atoms with E-state index < -0.39 is 0 Å². The van der Waals surface area contributed by atoms with Crippen LogP contribution in [-0.2, 0) is 4.74 Å². The number of amides is 1. The van der Waals surface area contributed by atoms with Crippen molar-refractivity contribution in [1.29, 1.82) is 0 Å². The van der Waals surface area contributed by atoms with Crippen molar-refractivity contribution >= 4 is 11.7 Å². The summed E-state index contributed by atoms with van der Waals surface area (Å²) in [5.41, 5.74) is 0.647. The van der Waals surface area contributed by atoms with E-state index in [-0.39, 0.29) is 12.5 Å². The van der Waals surface area contributed by atoms with Crippen LogP contribution in [0, 0.1) is 0 Å². The Kier molecular flexibility index (Phi) is 6.82. The third kappa shape index (κ3) is 4.72. The van der Waals surface area contributed by atoms with Crippen LogP contribution in [0.4, 0.5) is 5.82 Å². The molecule has 144 valence electrons. The molecular weight excluding hydrogens is 332 g/mol. The molecule has 1 N–H and O–H groups in total. The highest BCUT2D eigenvalue weighted by Crippen LogP contribution is 2.20. The Balaban J connectivity index is 1.51. The highest BCUT2D eigenvalue weighted by atomic mass is 16.5. The predicted octanol–water partition coefficient (Wildman–Crippen LogP) is 0.837. The normalized spacial score (nSPS) is 19.5. The molecule has 3 rings (SSSR count). The van der Waals surface area contributed by atoms with E-state index >= 15 is 0 Å². The lowest BCUT2D eigenvalue weighted by atomic mass is 10.0. The van der Waals surface area contributed by atoms with Crippen LogP contribution in [0.25, 0.3) is 0 Å². The molecule has 0 atom stereocenters. The maximum atomic E-state index is 12.7. The first kappa shape index (κ1) is 19.1. The highest BCUT2D eigenvalue weighted by Gasteiger charge is 2.28. The van der Waals surface area contributed by atoms with Crippen LogP contribution in [-0.4, -0.2) is 91.4 Å². The van der Waals surface area contributed by atoms with E-state index in [0.29, 0.717) is 18.0 Å². The average Bonchev–Trinajstić information content (AvgIpc) is 2.72. The zero-order chi connectivity index (χ0) is 18.4. The van der Waals surface area contributed by atoms with Crippen LogP contribution in [0.1, 0.15) is 29.6 Å². The summed E-state index contributed by atoms with van der Waals surface area (Å²) in [7, 11) is 1.94. The largest absolute Gasteiger partial charge is 0.396 e. The Bertz CT molecular complexity index is 567. The molecule has 2 aliphatic rings. The van der Waals surface area contributed by atoms with Gasteiger partial charge in [0, 0.05) is 58.6 Å². The fourth-order valence-electron chi connectivity index (χ4n) is 3.72. The number of pyridine rings is 1. The molecule has 7 nitrogen and oxygen atoms in total.